The SMILES string of the molecule is Cc1cc(C)cc(CSc2cnc(C(=N)N)cn2)c1. The normalized spacial score (nSPS) is 10.4. The Morgan fingerprint density at radius 2 is 1.84 bits per heavy atom. The summed E-state index contributed by atoms with van der Waals surface area (Å²) in [4.78, 5) is 8.33. The number of aryl methyl sites for hydroxylation is 2. The summed E-state index contributed by atoms with van der Waals surface area (Å²) in [6.45, 7) is 4.20. The highest BCUT2D eigenvalue weighted by atomic mass is 32.2. The number of thioether (sulfide) groups is 1. The fourth-order valence-corrected chi connectivity index (χ4v) is 2.58. The van der Waals surface area contributed by atoms with E-state index in [0.717, 1.165) is 10.8 Å². The van der Waals surface area contributed by atoms with Crippen molar-refractivity contribution >= 4 is 17.6 Å². The van der Waals surface area contributed by atoms with Crippen molar-refractivity contribution < 1.29 is 0 Å². The van der Waals surface area contributed by atoms with Crippen LogP contribution in [-0.2, 0) is 5.75 Å². The molecule has 0 aliphatic heterocycles. The molecule has 4 nitrogen and oxygen atoms in total. The molecule has 0 atom stereocenters. The van der Waals surface area contributed by atoms with Crippen molar-refractivity contribution in [2.75, 3.05) is 0 Å². The van der Waals surface area contributed by atoms with Crippen LogP contribution >= 0.6 is 11.8 Å². The summed E-state index contributed by atoms with van der Waals surface area (Å²) >= 11 is 1.63. The molecule has 2 rings (SSSR count). The van der Waals surface area contributed by atoms with Crippen molar-refractivity contribution in [3.63, 3.8) is 0 Å². The van der Waals surface area contributed by atoms with Gasteiger partial charge in [-0.25, -0.2) is 9.97 Å². The summed E-state index contributed by atoms with van der Waals surface area (Å²) in [6.07, 6.45) is 3.19. The van der Waals surface area contributed by atoms with Gasteiger partial charge in [0.2, 0.25) is 0 Å². The summed E-state index contributed by atoms with van der Waals surface area (Å²) in [6, 6.07) is 6.52. The predicted octanol–water partition coefficient (Wildman–Crippen LogP) is 2.67. The van der Waals surface area contributed by atoms with Gasteiger partial charge in [0, 0.05) is 5.75 Å². The molecule has 0 saturated carbocycles. The summed E-state index contributed by atoms with van der Waals surface area (Å²) in [7, 11) is 0. The van der Waals surface area contributed by atoms with Crippen LogP contribution in [0.4, 0.5) is 0 Å². The molecule has 1 aromatic carbocycles. The first-order chi connectivity index (χ1) is 9.04. The third kappa shape index (κ3) is 3.79. The van der Waals surface area contributed by atoms with E-state index in [9.17, 15) is 0 Å². The van der Waals surface area contributed by atoms with Gasteiger partial charge in [-0.05, 0) is 19.4 Å². The van der Waals surface area contributed by atoms with Crippen LogP contribution in [0.15, 0.2) is 35.6 Å². The quantitative estimate of drug-likeness (QED) is 0.509. The minimum Gasteiger partial charge on any atom is -0.382 e. The highest BCUT2D eigenvalue weighted by Gasteiger charge is 2.02. The van der Waals surface area contributed by atoms with Crippen molar-refractivity contribution in [1.82, 2.24) is 9.97 Å². The zero-order valence-corrected chi connectivity index (χ0v) is 11.8. The van der Waals surface area contributed by atoms with Gasteiger partial charge in [-0.3, -0.25) is 5.41 Å². The highest BCUT2D eigenvalue weighted by Crippen LogP contribution is 2.21. The van der Waals surface area contributed by atoms with Crippen LogP contribution in [0.2, 0.25) is 0 Å². The number of hydrogen-bond donors (Lipinski definition) is 2. The molecule has 0 aliphatic rings. The van der Waals surface area contributed by atoms with E-state index in [0.29, 0.717) is 5.69 Å². The molecule has 0 aliphatic carbocycles. The average Bonchev–Trinajstić information content (AvgIpc) is 2.36. The second-order valence-electron chi connectivity index (χ2n) is 4.44. The lowest BCUT2D eigenvalue weighted by atomic mass is 10.1. The molecule has 1 heterocycles. The molecule has 0 unspecified atom stereocenters. The number of aromatic nitrogens is 2. The van der Waals surface area contributed by atoms with Crippen LogP contribution in [0.1, 0.15) is 22.4 Å². The van der Waals surface area contributed by atoms with Crippen molar-refractivity contribution in [2.24, 2.45) is 5.73 Å². The van der Waals surface area contributed by atoms with Gasteiger partial charge in [-0.1, -0.05) is 29.3 Å². The smallest absolute Gasteiger partial charge is 0.143 e. The van der Waals surface area contributed by atoms with Crippen LogP contribution in [0.5, 0.6) is 0 Å². The number of nitrogen functional groups attached to an aromatic ring is 1. The van der Waals surface area contributed by atoms with E-state index in [4.69, 9.17) is 11.1 Å². The lowest BCUT2D eigenvalue weighted by Crippen LogP contribution is -2.13. The van der Waals surface area contributed by atoms with E-state index in [2.05, 4.69) is 42.0 Å². The molecule has 3 N–H and O–H groups in total. The molecule has 0 radical (unpaired) electrons. The highest BCUT2D eigenvalue weighted by molar-refractivity contribution is 7.98. The number of nitrogens with one attached hydrogen (secondary N) is 1. The first kappa shape index (κ1) is 13.5. The fraction of sp³-hybridized carbons (Fsp3) is 0.214. The lowest BCUT2D eigenvalue weighted by molar-refractivity contribution is 1.04. The number of hydrogen-bond acceptors (Lipinski definition) is 4. The molecule has 0 amide bonds. The Morgan fingerprint density at radius 1 is 1.16 bits per heavy atom. The number of nitrogens with two attached hydrogens (primary N) is 1. The van der Waals surface area contributed by atoms with Gasteiger partial charge in [0.25, 0.3) is 0 Å². The summed E-state index contributed by atoms with van der Waals surface area (Å²) in [5, 5.41) is 8.10. The Hall–Kier alpha value is -1.88. The van der Waals surface area contributed by atoms with Gasteiger partial charge in [0.1, 0.15) is 16.6 Å². The largest absolute Gasteiger partial charge is 0.382 e. The zero-order valence-electron chi connectivity index (χ0n) is 11.0. The summed E-state index contributed by atoms with van der Waals surface area (Å²) in [5.74, 6) is 0.801. The molecule has 0 bridgehead atoms. The van der Waals surface area contributed by atoms with E-state index < -0.39 is 0 Å². The third-order valence-corrected chi connectivity index (χ3v) is 3.56. The summed E-state index contributed by atoms with van der Waals surface area (Å²) < 4.78 is 0. The Bertz CT molecular complexity index is 573. The van der Waals surface area contributed by atoms with Crippen molar-refractivity contribution in [2.45, 2.75) is 24.6 Å². The topological polar surface area (TPSA) is 75.7 Å². The van der Waals surface area contributed by atoms with Gasteiger partial charge >= 0.3 is 0 Å². The Balaban J connectivity index is 2.03. The van der Waals surface area contributed by atoms with Crippen LogP contribution in [0, 0.1) is 19.3 Å². The van der Waals surface area contributed by atoms with E-state index >= 15 is 0 Å². The fourth-order valence-electron chi connectivity index (χ4n) is 1.84. The average molecular weight is 272 g/mol. The van der Waals surface area contributed by atoms with E-state index in [1.54, 1.807) is 18.0 Å². The van der Waals surface area contributed by atoms with Crippen LogP contribution < -0.4 is 5.73 Å². The zero-order chi connectivity index (χ0) is 13.8. The maximum atomic E-state index is 7.26. The summed E-state index contributed by atoms with van der Waals surface area (Å²) in [5.41, 5.74) is 9.57. The maximum absolute atomic E-state index is 7.26. The van der Waals surface area contributed by atoms with Gasteiger partial charge in [0.15, 0.2) is 0 Å². The van der Waals surface area contributed by atoms with Gasteiger partial charge < -0.3 is 5.73 Å². The molecule has 0 saturated heterocycles. The third-order valence-electron chi connectivity index (χ3n) is 2.57. The standard InChI is InChI=1S/C14H16N4S/c1-9-3-10(2)5-11(4-9)8-19-13-7-17-12(6-18-13)14(15)16/h3-7H,8H2,1-2H3,(H3,15,16). The van der Waals surface area contributed by atoms with Gasteiger partial charge in [-0.2, -0.15) is 0 Å². The van der Waals surface area contributed by atoms with E-state index in [1.807, 2.05) is 0 Å². The lowest BCUT2D eigenvalue weighted by Gasteiger charge is -2.05. The molecule has 2 aromatic rings. The molecule has 1 aromatic heterocycles. The Morgan fingerprint density at radius 3 is 2.37 bits per heavy atom. The van der Waals surface area contributed by atoms with Crippen LogP contribution in [0.25, 0.3) is 0 Å². The van der Waals surface area contributed by atoms with Gasteiger partial charge in [0.05, 0.1) is 12.4 Å². The number of benzene rings is 1. The van der Waals surface area contributed by atoms with Crippen molar-refractivity contribution in [3.05, 3.63) is 53.0 Å². The second-order valence-corrected chi connectivity index (χ2v) is 5.43. The van der Waals surface area contributed by atoms with E-state index in [-0.39, 0.29) is 5.84 Å². The van der Waals surface area contributed by atoms with E-state index in [1.165, 1.54) is 22.9 Å². The monoisotopic (exact) mass is 272 g/mol. The second kappa shape index (κ2) is 5.84. The number of rotatable bonds is 4. The van der Waals surface area contributed by atoms with Crippen molar-refractivity contribution in [3.8, 4) is 0 Å². The molecule has 0 fully saturated rings. The maximum Gasteiger partial charge on any atom is 0.143 e. The molecular weight excluding hydrogens is 256 g/mol. The number of nitrogens with zero attached hydrogens (tertiary/aromatic N) is 2. The predicted molar refractivity (Wildman–Crippen MR) is 78.5 cm³/mol. The Kier molecular flexibility index (Phi) is 4.16. The minimum absolute atomic E-state index is 0.0571. The molecule has 5 heteroatoms. The first-order valence-electron chi connectivity index (χ1n) is 5.91. The molecule has 0 spiro atoms. The Labute approximate surface area is 117 Å². The molecule has 98 valence electrons. The minimum atomic E-state index is -0.0571. The van der Waals surface area contributed by atoms with Crippen LogP contribution in [-0.4, -0.2) is 15.8 Å². The molecular formula is C14H16N4S. The molecule has 19 heavy (non-hydrogen) atoms. The first-order valence-corrected chi connectivity index (χ1v) is 6.89. The van der Waals surface area contributed by atoms with Crippen LogP contribution in [0.3, 0.4) is 0 Å². The number of amidine groups is 1. The van der Waals surface area contributed by atoms with Crippen molar-refractivity contribution in [1.29, 1.82) is 5.41 Å². The van der Waals surface area contributed by atoms with Gasteiger partial charge in [-0.15, -0.1) is 11.8 Å².